The summed E-state index contributed by atoms with van der Waals surface area (Å²) < 4.78 is 38.4. The fraction of sp³-hybridized carbons (Fsp3) is 0.636. The van der Waals surface area contributed by atoms with E-state index >= 15 is 0 Å². The van der Waals surface area contributed by atoms with Crippen molar-refractivity contribution in [3.8, 4) is 0 Å². The topological polar surface area (TPSA) is 60.9 Å². The molecular formula is C22H27F3N2O3. The third-order valence-corrected chi connectivity index (χ3v) is 7.06. The highest BCUT2D eigenvalue weighted by molar-refractivity contribution is 6.00. The van der Waals surface area contributed by atoms with Crippen molar-refractivity contribution in [3.05, 3.63) is 29.8 Å². The molecule has 2 heterocycles. The van der Waals surface area contributed by atoms with Crippen LogP contribution in [0.2, 0.25) is 0 Å². The van der Waals surface area contributed by atoms with Crippen molar-refractivity contribution in [1.82, 2.24) is 4.90 Å². The van der Waals surface area contributed by atoms with Crippen molar-refractivity contribution in [3.63, 3.8) is 0 Å². The molecule has 1 aromatic rings. The van der Waals surface area contributed by atoms with Crippen molar-refractivity contribution in [2.45, 2.75) is 63.1 Å². The van der Waals surface area contributed by atoms with E-state index in [4.69, 9.17) is 0 Å². The number of likely N-dealkylation sites (tertiary alicyclic amines) is 1. The lowest BCUT2D eigenvalue weighted by molar-refractivity contribution is -0.142. The molecule has 1 saturated carbocycles. The summed E-state index contributed by atoms with van der Waals surface area (Å²) in [5.74, 6) is 0.0127. The van der Waals surface area contributed by atoms with Gasteiger partial charge in [0.05, 0.1) is 16.6 Å². The van der Waals surface area contributed by atoms with Crippen LogP contribution in [0.4, 0.5) is 18.9 Å². The molecule has 8 heteroatoms. The number of amides is 2. The number of benzene rings is 1. The van der Waals surface area contributed by atoms with Gasteiger partial charge in [0, 0.05) is 31.7 Å². The van der Waals surface area contributed by atoms with Gasteiger partial charge in [0.15, 0.2) is 0 Å². The van der Waals surface area contributed by atoms with Crippen LogP contribution in [0.25, 0.3) is 0 Å². The molecule has 1 N–H and O–H groups in total. The average Bonchev–Trinajstić information content (AvgIpc) is 3.02. The van der Waals surface area contributed by atoms with Gasteiger partial charge in [0.1, 0.15) is 0 Å². The fourth-order valence-corrected chi connectivity index (χ4v) is 5.10. The van der Waals surface area contributed by atoms with Gasteiger partial charge in [-0.1, -0.05) is 0 Å². The summed E-state index contributed by atoms with van der Waals surface area (Å²) in [7, 11) is 0. The van der Waals surface area contributed by atoms with Crippen LogP contribution in [0.3, 0.4) is 0 Å². The summed E-state index contributed by atoms with van der Waals surface area (Å²) in [6, 6.07) is 4.70. The predicted molar refractivity (Wildman–Crippen MR) is 105 cm³/mol. The van der Waals surface area contributed by atoms with E-state index in [9.17, 15) is 27.9 Å². The molecule has 0 unspecified atom stereocenters. The first-order valence-corrected chi connectivity index (χ1v) is 10.6. The molecule has 2 amide bonds. The monoisotopic (exact) mass is 424 g/mol. The van der Waals surface area contributed by atoms with Crippen LogP contribution in [0.15, 0.2) is 24.3 Å². The van der Waals surface area contributed by atoms with Gasteiger partial charge in [-0.25, -0.2) is 0 Å². The lowest BCUT2D eigenvalue weighted by Gasteiger charge is -2.43. The SMILES string of the molecule is O=C1CCCCN1CC1(O)CCC2(CCN(c3ccc(C(F)(F)F)cc3)C2=O)CC1. The number of halogens is 3. The van der Waals surface area contributed by atoms with E-state index in [1.165, 1.54) is 12.1 Å². The molecule has 3 fully saturated rings. The number of nitrogens with zero attached hydrogens (tertiary/aromatic N) is 2. The van der Waals surface area contributed by atoms with Gasteiger partial charge in [0.25, 0.3) is 0 Å². The highest BCUT2D eigenvalue weighted by Gasteiger charge is 2.52. The second-order valence-corrected chi connectivity index (χ2v) is 9.03. The Bertz CT molecular complexity index is 814. The highest BCUT2D eigenvalue weighted by Crippen LogP contribution is 2.49. The van der Waals surface area contributed by atoms with Crippen LogP contribution in [0.1, 0.15) is 56.9 Å². The Morgan fingerprint density at radius 1 is 0.933 bits per heavy atom. The van der Waals surface area contributed by atoms with E-state index in [1.807, 2.05) is 0 Å². The van der Waals surface area contributed by atoms with Gasteiger partial charge in [-0.15, -0.1) is 0 Å². The minimum Gasteiger partial charge on any atom is -0.388 e. The van der Waals surface area contributed by atoms with Crippen LogP contribution in [0, 0.1) is 5.41 Å². The quantitative estimate of drug-likeness (QED) is 0.804. The maximum Gasteiger partial charge on any atom is 0.416 e. The zero-order chi connectivity index (χ0) is 21.6. The van der Waals surface area contributed by atoms with Crippen molar-refractivity contribution in [2.24, 2.45) is 5.41 Å². The summed E-state index contributed by atoms with van der Waals surface area (Å²) in [5.41, 5.74) is -1.80. The Morgan fingerprint density at radius 3 is 2.20 bits per heavy atom. The molecule has 5 nitrogen and oxygen atoms in total. The van der Waals surface area contributed by atoms with Crippen LogP contribution < -0.4 is 4.90 Å². The summed E-state index contributed by atoms with van der Waals surface area (Å²) >= 11 is 0. The summed E-state index contributed by atoms with van der Waals surface area (Å²) in [6.45, 7) is 1.46. The molecule has 1 aliphatic carbocycles. The molecule has 2 aliphatic heterocycles. The molecule has 0 aromatic heterocycles. The molecular weight excluding hydrogens is 397 g/mol. The predicted octanol–water partition coefficient (Wildman–Crippen LogP) is 3.75. The first-order valence-electron chi connectivity index (χ1n) is 10.6. The number of anilines is 1. The molecule has 2 saturated heterocycles. The zero-order valence-electron chi connectivity index (χ0n) is 16.9. The average molecular weight is 424 g/mol. The number of β-amino-alcohol motifs (C(OH)–C–C–N with tert-alkyl or cyclic N) is 1. The number of aliphatic hydroxyl groups is 1. The largest absolute Gasteiger partial charge is 0.416 e. The summed E-state index contributed by atoms with van der Waals surface area (Å²) in [6.07, 6.45) is 0.553. The summed E-state index contributed by atoms with van der Waals surface area (Å²) in [4.78, 5) is 28.6. The Labute approximate surface area is 173 Å². The van der Waals surface area contributed by atoms with Crippen molar-refractivity contribution in [1.29, 1.82) is 0 Å². The minimum atomic E-state index is -4.40. The van der Waals surface area contributed by atoms with Gasteiger partial charge in [-0.2, -0.15) is 13.2 Å². The number of carbonyl (C=O) groups excluding carboxylic acids is 2. The third-order valence-electron chi connectivity index (χ3n) is 7.06. The summed E-state index contributed by atoms with van der Waals surface area (Å²) in [5, 5.41) is 11.0. The van der Waals surface area contributed by atoms with E-state index in [1.54, 1.807) is 9.80 Å². The number of hydrogen-bond acceptors (Lipinski definition) is 3. The van der Waals surface area contributed by atoms with E-state index in [0.29, 0.717) is 63.8 Å². The van der Waals surface area contributed by atoms with Gasteiger partial charge in [-0.05, 0) is 69.2 Å². The second-order valence-electron chi connectivity index (χ2n) is 9.03. The molecule has 1 aromatic carbocycles. The number of piperidine rings is 1. The zero-order valence-corrected chi connectivity index (χ0v) is 16.9. The second kappa shape index (κ2) is 7.55. The lowest BCUT2D eigenvalue weighted by Crippen LogP contribution is -2.51. The molecule has 0 radical (unpaired) electrons. The van der Waals surface area contributed by atoms with Crippen LogP contribution in [0.5, 0.6) is 0 Å². The normalized spacial score (nSPS) is 30.4. The Morgan fingerprint density at radius 2 is 1.60 bits per heavy atom. The minimum absolute atomic E-state index is 0.0710. The third kappa shape index (κ3) is 3.94. The maximum absolute atomic E-state index is 13.2. The molecule has 1 spiro atoms. The molecule has 30 heavy (non-hydrogen) atoms. The Kier molecular flexibility index (Phi) is 5.33. The Hall–Kier alpha value is -2.09. The number of hydrogen-bond donors (Lipinski definition) is 1. The van der Waals surface area contributed by atoms with E-state index in [-0.39, 0.29) is 11.8 Å². The van der Waals surface area contributed by atoms with E-state index < -0.39 is 22.8 Å². The molecule has 3 aliphatic rings. The van der Waals surface area contributed by atoms with Gasteiger partial charge >= 0.3 is 6.18 Å². The Balaban J connectivity index is 1.41. The van der Waals surface area contributed by atoms with Crippen LogP contribution in [-0.4, -0.2) is 47.1 Å². The van der Waals surface area contributed by atoms with Crippen LogP contribution >= 0.6 is 0 Å². The van der Waals surface area contributed by atoms with Gasteiger partial charge < -0.3 is 14.9 Å². The van der Waals surface area contributed by atoms with Crippen LogP contribution in [-0.2, 0) is 15.8 Å². The standard InChI is InChI=1S/C22H27F3N2O3/c23-22(24,25)16-4-6-17(7-5-16)27-14-12-20(19(27)29)8-10-21(30,11-9-20)15-26-13-2-1-3-18(26)28/h4-7,30H,1-3,8-15H2. The van der Waals surface area contributed by atoms with Crippen molar-refractivity contribution < 1.29 is 27.9 Å². The molecule has 164 valence electrons. The maximum atomic E-state index is 13.2. The van der Waals surface area contributed by atoms with Crippen molar-refractivity contribution >= 4 is 17.5 Å². The number of rotatable bonds is 3. The molecule has 0 bridgehead atoms. The van der Waals surface area contributed by atoms with Gasteiger partial charge in [0.2, 0.25) is 11.8 Å². The first-order chi connectivity index (χ1) is 14.1. The van der Waals surface area contributed by atoms with Gasteiger partial charge in [-0.3, -0.25) is 9.59 Å². The molecule has 4 rings (SSSR count). The van der Waals surface area contributed by atoms with E-state index in [2.05, 4.69) is 0 Å². The number of carbonyl (C=O) groups is 2. The van der Waals surface area contributed by atoms with Crippen molar-refractivity contribution in [2.75, 3.05) is 24.5 Å². The first kappa shape index (κ1) is 21.2. The molecule has 0 atom stereocenters. The number of alkyl halides is 3. The fourth-order valence-electron chi connectivity index (χ4n) is 5.10. The lowest BCUT2D eigenvalue weighted by atomic mass is 9.67. The smallest absolute Gasteiger partial charge is 0.388 e. The highest BCUT2D eigenvalue weighted by atomic mass is 19.4. The van der Waals surface area contributed by atoms with E-state index in [0.717, 1.165) is 25.0 Å².